The molecule has 0 bridgehead atoms. The van der Waals surface area contributed by atoms with Crippen LogP contribution in [0.3, 0.4) is 0 Å². The Bertz CT molecular complexity index is 1350. The maximum Gasteiger partial charge on any atom is 0.407 e. The van der Waals surface area contributed by atoms with E-state index in [0.717, 1.165) is 22.3 Å². The zero-order valence-corrected chi connectivity index (χ0v) is 27.1. The lowest BCUT2D eigenvalue weighted by Crippen LogP contribution is -2.44. The lowest BCUT2D eigenvalue weighted by Gasteiger charge is -2.24. The zero-order chi connectivity index (χ0) is 33.7. The summed E-state index contributed by atoms with van der Waals surface area (Å²) in [6, 6.07) is 14.1. The molecule has 0 aromatic heterocycles. The number of unbranched alkanes of at least 4 members (excludes halogenated alkanes) is 1. The third-order valence-electron chi connectivity index (χ3n) is 7.23. The molecular formula is C35H45N3O8. The number of hydrogen-bond acceptors (Lipinski definition) is 8. The van der Waals surface area contributed by atoms with E-state index < -0.39 is 41.6 Å². The molecule has 0 saturated carbocycles. The highest BCUT2D eigenvalue weighted by Crippen LogP contribution is 2.44. The first-order valence-corrected chi connectivity index (χ1v) is 15.5. The van der Waals surface area contributed by atoms with Crippen molar-refractivity contribution in [3.8, 4) is 11.1 Å². The summed E-state index contributed by atoms with van der Waals surface area (Å²) in [5.41, 5.74) is 3.65. The van der Waals surface area contributed by atoms with Gasteiger partial charge in [0.25, 0.3) is 0 Å². The van der Waals surface area contributed by atoms with E-state index in [-0.39, 0.29) is 44.3 Å². The number of benzene rings is 2. The fraction of sp³-hybridized carbons (Fsp3) is 0.457. The minimum absolute atomic E-state index is 0.000531. The van der Waals surface area contributed by atoms with Gasteiger partial charge in [-0.2, -0.15) is 0 Å². The molecule has 3 amide bonds. The van der Waals surface area contributed by atoms with Crippen LogP contribution in [0.1, 0.15) is 76.8 Å². The number of esters is 2. The Labute approximate surface area is 270 Å². The van der Waals surface area contributed by atoms with E-state index in [2.05, 4.69) is 34.7 Å². The van der Waals surface area contributed by atoms with E-state index in [1.165, 1.54) is 13.0 Å². The second-order valence-corrected chi connectivity index (χ2v) is 12.1. The molecule has 0 heterocycles. The minimum atomic E-state index is -0.946. The highest BCUT2D eigenvalue weighted by molar-refractivity contribution is 5.85. The minimum Gasteiger partial charge on any atom is -0.460 e. The molecule has 2 aromatic carbocycles. The molecule has 11 nitrogen and oxygen atoms in total. The predicted octanol–water partition coefficient (Wildman–Crippen LogP) is 4.54. The van der Waals surface area contributed by atoms with Gasteiger partial charge < -0.3 is 30.2 Å². The standard InChI is InChI=1S/C35H45N3O8/c1-6-21-44-32(41)29(17-11-12-20-36-31(40)19-18-30(37-23(2)39)33(42)46-35(3,4)5)38-34(43)45-22-28-26-15-9-7-13-24(26)25-14-8-10-16-27(25)28/h6-10,13-16,28-30H,1,11-12,17-22H2,2-5H3,(H,36,40)(H,37,39)(H,38,43). The third-order valence-corrected chi connectivity index (χ3v) is 7.23. The fourth-order valence-corrected chi connectivity index (χ4v) is 5.21. The second kappa shape index (κ2) is 17.1. The topological polar surface area (TPSA) is 149 Å². The number of alkyl carbamates (subject to hydrolysis) is 1. The van der Waals surface area contributed by atoms with Gasteiger partial charge in [0.2, 0.25) is 11.8 Å². The summed E-state index contributed by atoms with van der Waals surface area (Å²) < 4.78 is 16.1. The smallest absolute Gasteiger partial charge is 0.407 e. The first-order valence-electron chi connectivity index (χ1n) is 15.5. The Balaban J connectivity index is 1.46. The number of fused-ring (bicyclic) bond motifs is 3. The van der Waals surface area contributed by atoms with Crippen molar-refractivity contribution >= 4 is 29.8 Å². The van der Waals surface area contributed by atoms with Gasteiger partial charge in [0.1, 0.15) is 30.9 Å². The fourth-order valence-electron chi connectivity index (χ4n) is 5.21. The Morgan fingerprint density at radius 3 is 2.04 bits per heavy atom. The first kappa shape index (κ1) is 35.8. The van der Waals surface area contributed by atoms with Gasteiger partial charge in [0, 0.05) is 25.8 Å². The van der Waals surface area contributed by atoms with Crippen molar-refractivity contribution in [2.45, 2.75) is 83.4 Å². The summed E-state index contributed by atoms with van der Waals surface area (Å²) in [4.78, 5) is 61.9. The third kappa shape index (κ3) is 11.0. The van der Waals surface area contributed by atoms with Crippen molar-refractivity contribution in [2.24, 2.45) is 0 Å². The number of ether oxygens (including phenoxy) is 3. The van der Waals surface area contributed by atoms with Crippen molar-refractivity contribution in [2.75, 3.05) is 19.8 Å². The number of rotatable bonds is 16. The van der Waals surface area contributed by atoms with Crippen molar-refractivity contribution in [3.05, 3.63) is 72.3 Å². The Morgan fingerprint density at radius 1 is 0.848 bits per heavy atom. The molecule has 2 atom stereocenters. The van der Waals surface area contributed by atoms with Crippen LogP contribution in [0.4, 0.5) is 4.79 Å². The molecule has 0 spiro atoms. The van der Waals surface area contributed by atoms with Crippen LogP contribution < -0.4 is 16.0 Å². The van der Waals surface area contributed by atoms with Gasteiger partial charge in [0.15, 0.2) is 0 Å². The molecule has 0 fully saturated rings. The van der Waals surface area contributed by atoms with Crippen molar-refractivity contribution in [3.63, 3.8) is 0 Å². The van der Waals surface area contributed by atoms with E-state index >= 15 is 0 Å². The molecule has 1 aliphatic rings. The summed E-state index contributed by atoms with van der Waals surface area (Å²) in [5, 5.41) is 7.95. The van der Waals surface area contributed by atoms with Crippen molar-refractivity contribution in [1.82, 2.24) is 16.0 Å². The highest BCUT2D eigenvalue weighted by Gasteiger charge is 2.30. The molecule has 46 heavy (non-hydrogen) atoms. The van der Waals surface area contributed by atoms with Crippen LogP contribution in [0.2, 0.25) is 0 Å². The molecule has 3 N–H and O–H groups in total. The number of amides is 3. The van der Waals surface area contributed by atoms with E-state index in [9.17, 15) is 24.0 Å². The summed E-state index contributed by atoms with van der Waals surface area (Å²) in [7, 11) is 0. The molecule has 0 aliphatic heterocycles. The first-order chi connectivity index (χ1) is 21.9. The maximum absolute atomic E-state index is 12.8. The van der Waals surface area contributed by atoms with Crippen LogP contribution >= 0.6 is 0 Å². The van der Waals surface area contributed by atoms with Gasteiger partial charge in [-0.3, -0.25) is 9.59 Å². The Morgan fingerprint density at radius 2 is 1.46 bits per heavy atom. The van der Waals surface area contributed by atoms with E-state index in [4.69, 9.17) is 14.2 Å². The molecule has 248 valence electrons. The molecule has 0 radical (unpaired) electrons. The number of nitrogens with one attached hydrogen (secondary N) is 3. The summed E-state index contributed by atoms with van der Waals surface area (Å²) >= 11 is 0. The molecule has 1 aliphatic carbocycles. The quantitative estimate of drug-likeness (QED) is 0.105. The van der Waals surface area contributed by atoms with Crippen LogP contribution in [-0.2, 0) is 33.4 Å². The molecular weight excluding hydrogens is 590 g/mol. The average Bonchev–Trinajstić information content (AvgIpc) is 3.32. The van der Waals surface area contributed by atoms with Crippen LogP contribution in [-0.4, -0.2) is 67.3 Å². The van der Waals surface area contributed by atoms with E-state index in [1.807, 2.05) is 36.4 Å². The molecule has 2 aromatic rings. The monoisotopic (exact) mass is 635 g/mol. The molecule has 11 heteroatoms. The molecule has 2 unspecified atom stereocenters. The van der Waals surface area contributed by atoms with Crippen molar-refractivity contribution in [1.29, 1.82) is 0 Å². The van der Waals surface area contributed by atoms with Gasteiger partial charge in [-0.25, -0.2) is 14.4 Å². The molecule has 0 saturated heterocycles. The summed E-state index contributed by atoms with van der Waals surface area (Å²) in [5.74, 6) is -2.02. The maximum atomic E-state index is 12.8. The summed E-state index contributed by atoms with van der Waals surface area (Å²) in [6.45, 7) is 10.4. The summed E-state index contributed by atoms with van der Waals surface area (Å²) in [6.07, 6.45) is 2.07. The van der Waals surface area contributed by atoms with Gasteiger partial charge in [-0.05, 0) is 68.7 Å². The van der Waals surface area contributed by atoms with Crippen LogP contribution in [0.25, 0.3) is 11.1 Å². The normalized spacial score (nSPS) is 13.3. The van der Waals surface area contributed by atoms with E-state index in [0.29, 0.717) is 19.4 Å². The predicted molar refractivity (Wildman–Crippen MR) is 173 cm³/mol. The van der Waals surface area contributed by atoms with Gasteiger partial charge >= 0.3 is 18.0 Å². The second-order valence-electron chi connectivity index (χ2n) is 12.1. The largest absolute Gasteiger partial charge is 0.460 e. The van der Waals surface area contributed by atoms with E-state index in [1.54, 1.807) is 20.8 Å². The van der Waals surface area contributed by atoms with Gasteiger partial charge in [-0.1, -0.05) is 61.2 Å². The van der Waals surface area contributed by atoms with Crippen molar-refractivity contribution < 1.29 is 38.2 Å². The Hall–Kier alpha value is -4.67. The van der Waals surface area contributed by atoms with Gasteiger partial charge in [-0.15, -0.1) is 0 Å². The lowest BCUT2D eigenvalue weighted by molar-refractivity contribution is -0.158. The Kier molecular flexibility index (Phi) is 13.3. The lowest BCUT2D eigenvalue weighted by atomic mass is 9.98. The SMILES string of the molecule is C=CCOC(=O)C(CCCCNC(=O)CCC(NC(C)=O)C(=O)OC(C)(C)C)NC(=O)OCC1c2ccccc2-c2ccccc21. The highest BCUT2D eigenvalue weighted by atomic mass is 16.6. The molecule has 3 rings (SSSR count). The number of hydrogen-bond donors (Lipinski definition) is 3. The van der Waals surface area contributed by atoms with Gasteiger partial charge in [0.05, 0.1) is 0 Å². The number of carbonyl (C=O) groups is 5. The van der Waals surface area contributed by atoms with Crippen LogP contribution in [0, 0.1) is 0 Å². The van der Waals surface area contributed by atoms with Crippen LogP contribution in [0.15, 0.2) is 61.2 Å². The van der Waals surface area contributed by atoms with Crippen LogP contribution in [0.5, 0.6) is 0 Å². The number of carbonyl (C=O) groups excluding carboxylic acids is 5. The average molecular weight is 636 g/mol. The zero-order valence-electron chi connectivity index (χ0n) is 27.1.